The van der Waals surface area contributed by atoms with Crippen LogP contribution in [0.25, 0.3) is 22.5 Å². The maximum absolute atomic E-state index is 13.8. The van der Waals surface area contributed by atoms with Crippen LogP contribution in [0, 0.1) is 5.82 Å². The number of benzene rings is 4. The zero-order valence-electron chi connectivity index (χ0n) is 24.2. The first kappa shape index (κ1) is 29.3. The van der Waals surface area contributed by atoms with Gasteiger partial charge in [0.05, 0.1) is 25.6 Å². The summed E-state index contributed by atoms with van der Waals surface area (Å²) in [5, 5.41) is 9.77. The number of thiol groups is 1. The lowest BCUT2D eigenvalue weighted by atomic mass is 10.1. The number of hydrogen-bond donors (Lipinski definition) is 4. The molecule has 0 radical (unpaired) electrons. The summed E-state index contributed by atoms with van der Waals surface area (Å²) in [5.41, 5.74) is 4.95. The summed E-state index contributed by atoms with van der Waals surface area (Å²) in [6.45, 7) is 0. The van der Waals surface area contributed by atoms with Crippen molar-refractivity contribution in [1.82, 2.24) is 24.9 Å². The van der Waals surface area contributed by atoms with E-state index in [2.05, 4.69) is 53.5 Å². The fraction of sp³-hybridized carbons (Fsp3) is 0.0606. The molecule has 0 spiro atoms. The van der Waals surface area contributed by atoms with E-state index >= 15 is 0 Å². The number of para-hydroxylation sites is 1. The fourth-order valence-electron chi connectivity index (χ4n) is 4.48. The number of ether oxygens (including phenoxy) is 2. The van der Waals surface area contributed by atoms with Crippen LogP contribution in [0.5, 0.6) is 11.5 Å². The Morgan fingerprint density at radius 2 is 1.20 bits per heavy atom. The Morgan fingerprint density at radius 3 is 1.84 bits per heavy atom. The Hall–Kier alpha value is -5.75. The van der Waals surface area contributed by atoms with Crippen molar-refractivity contribution in [3.05, 3.63) is 109 Å². The van der Waals surface area contributed by atoms with E-state index in [0.29, 0.717) is 39.7 Å². The SMILES string of the molecule is COc1ccc(OC)c(-c2cc(-c3ccc(Nc4nc(Nc5ccccc5)nc(Nc5cccc(F)c5)n4)cc3)nc(S)n2)c1. The molecule has 12 heteroatoms. The molecule has 45 heavy (non-hydrogen) atoms. The molecule has 2 aromatic heterocycles. The minimum Gasteiger partial charge on any atom is -0.497 e. The molecular formula is C33H27FN8O2S. The van der Waals surface area contributed by atoms with Gasteiger partial charge in [0.25, 0.3) is 0 Å². The molecule has 0 amide bonds. The molecule has 0 aliphatic rings. The molecule has 10 nitrogen and oxygen atoms in total. The summed E-state index contributed by atoms with van der Waals surface area (Å²) in [5.74, 6) is 1.77. The minimum atomic E-state index is -0.376. The van der Waals surface area contributed by atoms with E-state index in [1.807, 2.05) is 78.9 Å². The van der Waals surface area contributed by atoms with E-state index in [1.54, 1.807) is 26.4 Å². The van der Waals surface area contributed by atoms with Gasteiger partial charge in [0.15, 0.2) is 5.16 Å². The van der Waals surface area contributed by atoms with Gasteiger partial charge in [-0.25, -0.2) is 14.4 Å². The lowest BCUT2D eigenvalue weighted by molar-refractivity contribution is 0.404. The molecule has 0 atom stereocenters. The summed E-state index contributed by atoms with van der Waals surface area (Å²) < 4.78 is 24.8. The molecule has 0 saturated heterocycles. The second kappa shape index (κ2) is 13.3. The van der Waals surface area contributed by atoms with E-state index in [1.165, 1.54) is 12.1 Å². The molecule has 0 aliphatic heterocycles. The van der Waals surface area contributed by atoms with Crippen molar-refractivity contribution in [2.75, 3.05) is 30.2 Å². The number of hydrogen-bond acceptors (Lipinski definition) is 11. The highest BCUT2D eigenvalue weighted by molar-refractivity contribution is 7.80. The average Bonchev–Trinajstić information content (AvgIpc) is 3.05. The maximum Gasteiger partial charge on any atom is 0.233 e. The number of anilines is 6. The van der Waals surface area contributed by atoms with Crippen LogP contribution in [0.15, 0.2) is 108 Å². The van der Waals surface area contributed by atoms with Gasteiger partial charge in [-0.3, -0.25) is 0 Å². The Bertz CT molecular complexity index is 1940. The van der Waals surface area contributed by atoms with Gasteiger partial charge in [0.2, 0.25) is 17.8 Å². The number of nitrogens with one attached hydrogen (secondary N) is 3. The summed E-state index contributed by atoms with van der Waals surface area (Å²) in [4.78, 5) is 22.6. The zero-order chi connectivity index (χ0) is 31.2. The second-order valence-corrected chi connectivity index (χ2v) is 10.0. The molecule has 3 N–H and O–H groups in total. The largest absolute Gasteiger partial charge is 0.497 e. The summed E-state index contributed by atoms with van der Waals surface area (Å²) in [6, 6.07) is 30.6. The Kier molecular flexibility index (Phi) is 8.65. The molecule has 2 heterocycles. The molecule has 4 aromatic carbocycles. The first-order valence-electron chi connectivity index (χ1n) is 13.7. The van der Waals surface area contributed by atoms with E-state index in [9.17, 15) is 4.39 Å². The Balaban J connectivity index is 1.27. The lowest BCUT2D eigenvalue weighted by Gasteiger charge is -2.13. The van der Waals surface area contributed by atoms with E-state index in [0.717, 1.165) is 22.5 Å². The lowest BCUT2D eigenvalue weighted by Crippen LogP contribution is -2.07. The molecule has 224 valence electrons. The van der Waals surface area contributed by atoms with Crippen LogP contribution in [0.2, 0.25) is 0 Å². The summed E-state index contributed by atoms with van der Waals surface area (Å²) in [6.07, 6.45) is 0. The third-order valence-electron chi connectivity index (χ3n) is 6.58. The smallest absolute Gasteiger partial charge is 0.233 e. The number of aromatic nitrogens is 5. The van der Waals surface area contributed by atoms with Crippen molar-refractivity contribution < 1.29 is 13.9 Å². The number of rotatable bonds is 10. The summed E-state index contributed by atoms with van der Waals surface area (Å²) in [7, 11) is 3.21. The molecule has 0 aliphatic carbocycles. The van der Waals surface area contributed by atoms with Gasteiger partial charge in [-0.05, 0) is 66.7 Å². The maximum atomic E-state index is 13.8. The van der Waals surface area contributed by atoms with Gasteiger partial charge >= 0.3 is 0 Å². The van der Waals surface area contributed by atoms with Crippen molar-refractivity contribution >= 4 is 47.5 Å². The minimum absolute atomic E-state index is 0.232. The van der Waals surface area contributed by atoms with Crippen LogP contribution < -0.4 is 25.4 Å². The van der Waals surface area contributed by atoms with Gasteiger partial charge < -0.3 is 25.4 Å². The normalized spacial score (nSPS) is 10.7. The molecule has 0 bridgehead atoms. The van der Waals surface area contributed by atoms with Gasteiger partial charge in [0.1, 0.15) is 17.3 Å². The zero-order valence-corrected chi connectivity index (χ0v) is 25.1. The van der Waals surface area contributed by atoms with Crippen molar-refractivity contribution in [3.8, 4) is 34.0 Å². The number of nitrogens with zero attached hydrogens (tertiary/aromatic N) is 5. The fourth-order valence-corrected chi connectivity index (χ4v) is 4.69. The number of halogens is 1. The molecule has 0 fully saturated rings. The van der Waals surface area contributed by atoms with Crippen LogP contribution in [0.4, 0.5) is 39.3 Å². The standard InChI is InChI=1S/C33H27FN8O2S/c1-43-25-15-16-29(44-2)26(18-25)28-19-27(38-33(45)39-28)20-11-13-23(14-12-20)36-31-40-30(35-22-8-4-3-5-9-22)41-32(42-31)37-24-10-6-7-21(34)17-24/h3-19H,1-2H3,(H,38,39,45)(H3,35,36,37,40,41,42). The third-order valence-corrected chi connectivity index (χ3v) is 6.78. The second-order valence-electron chi connectivity index (χ2n) is 9.64. The van der Waals surface area contributed by atoms with Crippen molar-refractivity contribution in [3.63, 3.8) is 0 Å². The van der Waals surface area contributed by atoms with Gasteiger partial charge in [0, 0.05) is 28.2 Å². The average molecular weight is 619 g/mol. The van der Waals surface area contributed by atoms with Crippen molar-refractivity contribution in [2.24, 2.45) is 0 Å². The van der Waals surface area contributed by atoms with Crippen LogP contribution in [0.1, 0.15) is 0 Å². The van der Waals surface area contributed by atoms with Gasteiger partial charge in [-0.15, -0.1) is 12.6 Å². The first-order chi connectivity index (χ1) is 21.9. The highest BCUT2D eigenvalue weighted by Crippen LogP contribution is 2.34. The Morgan fingerprint density at radius 1 is 0.578 bits per heavy atom. The van der Waals surface area contributed by atoms with Crippen LogP contribution >= 0.6 is 12.6 Å². The molecule has 0 unspecified atom stereocenters. The molecule has 6 aromatic rings. The van der Waals surface area contributed by atoms with Crippen LogP contribution in [-0.2, 0) is 0 Å². The highest BCUT2D eigenvalue weighted by Gasteiger charge is 2.14. The first-order valence-corrected chi connectivity index (χ1v) is 14.2. The van der Waals surface area contributed by atoms with Crippen LogP contribution in [0.3, 0.4) is 0 Å². The molecule has 0 saturated carbocycles. The quantitative estimate of drug-likeness (QED) is 0.0899. The summed E-state index contributed by atoms with van der Waals surface area (Å²) >= 11 is 4.46. The Labute approximate surface area is 264 Å². The highest BCUT2D eigenvalue weighted by atomic mass is 32.1. The predicted molar refractivity (Wildman–Crippen MR) is 176 cm³/mol. The van der Waals surface area contributed by atoms with Gasteiger partial charge in [-0.1, -0.05) is 36.4 Å². The van der Waals surface area contributed by atoms with E-state index in [4.69, 9.17) is 9.47 Å². The van der Waals surface area contributed by atoms with Crippen molar-refractivity contribution in [2.45, 2.75) is 5.16 Å². The predicted octanol–water partition coefficient (Wildman–Crippen LogP) is 7.67. The van der Waals surface area contributed by atoms with Gasteiger partial charge in [-0.2, -0.15) is 15.0 Å². The molecular weight excluding hydrogens is 591 g/mol. The third kappa shape index (κ3) is 7.25. The number of methoxy groups -OCH3 is 2. The monoisotopic (exact) mass is 618 g/mol. The topological polar surface area (TPSA) is 119 Å². The van der Waals surface area contributed by atoms with Crippen LogP contribution in [-0.4, -0.2) is 39.1 Å². The van der Waals surface area contributed by atoms with E-state index < -0.39 is 0 Å². The van der Waals surface area contributed by atoms with Crippen molar-refractivity contribution in [1.29, 1.82) is 0 Å². The molecule has 6 rings (SSSR count). The van der Waals surface area contributed by atoms with E-state index in [-0.39, 0.29) is 17.7 Å².